The van der Waals surface area contributed by atoms with Crippen LogP contribution < -0.4 is 10.1 Å². The molecule has 0 spiro atoms. The Morgan fingerprint density at radius 2 is 1.89 bits per heavy atom. The Morgan fingerprint density at radius 3 is 2.52 bits per heavy atom. The molecule has 0 bridgehead atoms. The monoisotopic (exact) mass is 367 g/mol. The maximum absolute atomic E-state index is 14.2. The van der Waals surface area contributed by atoms with Gasteiger partial charge < -0.3 is 10.1 Å². The molecule has 3 rings (SSSR count). The van der Waals surface area contributed by atoms with Crippen LogP contribution in [0.1, 0.15) is 24.3 Å². The first kappa shape index (κ1) is 18.6. The molecule has 0 unspecified atom stereocenters. The van der Waals surface area contributed by atoms with E-state index in [2.05, 4.69) is 10.4 Å². The molecule has 0 fully saturated rings. The third-order valence-electron chi connectivity index (χ3n) is 4.08. The molecule has 140 valence electrons. The number of hydrogen-bond acceptors (Lipinski definition) is 3. The molecule has 0 saturated heterocycles. The Labute approximate surface area is 157 Å². The van der Waals surface area contributed by atoms with Gasteiger partial charge in [-0.05, 0) is 48.4 Å². The van der Waals surface area contributed by atoms with E-state index in [0.717, 1.165) is 0 Å². The first-order valence-corrected chi connectivity index (χ1v) is 8.77. The van der Waals surface area contributed by atoms with Crippen molar-refractivity contribution >= 4 is 5.91 Å². The van der Waals surface area contributed by atoms with Crippen molar-refractivity contribution in [2.75, 3.05) is 13.7 Å². The van der Waals surface area contributed by atoms with Gasteiger partial charge in [-0.2, -0.15) is 5.10 Å². The summed E-state index contributed by atoms with van der Waals surface area (Å²) in [5, 5.41) is 7.38. The Hall–Kier alpha value is -3.15. The van der Waals surface area contributed by atoms with Gasteiger partial charge in [-0.25, -0.2) is 9.07 Å². The van der Waals surface area contributed by atoms with E-state index in [0.29, 0.717) is 40.9 Å². The van der Waals surface area contributed by atoms with Crippen LogP contribution in [0.4, 0.5) is 4.39 Å². The number of carbonyl (C=O) groups is 1. The summed E-state index contributed by atoms with van der Waals surface area (Å²) >= 11 is 0. The number of nitrogens with one attached hydrogen (secondary N) is 1. The number of carbonyl (C=O) groups excluding carboxylic acids is 1. The third kappa shape index (κ3) is 4.16. The SMILES string of the molecule is COc1ccc(-n2nc(-c3ccccc3F)cc2C(=O)NCC(C)C)cc1. The van der Waals surface area contributed by atoms with Crippen molar-refractivity contribution < 1.29 is 13.9 Å². The Bertz CT molecular complexity index is 933. The lowest BCUT2D eigenvalue weighted by atomic mass is 10.1. The van der Waals surface area contributed by atoms with Gasteiger partial charge >= 0.3 is 0 Å². The Morgan fingerprint density at radius 1 is 1.19 bits per heavy atom. The lowest BCUT2D eigenvalue weighted by Gasteiger charge is -2.10. The van der Waals surface area contributed by atoms with E-state index in [1.807, 2.05) is 13.8 Å². The fourth-order valence-electron chi connectivity index (χ4n) is 2.65. The normalized spacial score (nSPS) is 10.9. The van der Waals surface area contributed by atoms with Gasteiger partial charge in [0.1, 0.15) is 17.3 Å². The van der Waals surface area contributed by atoms with Crippen molar-refractivity contribution in [1.29, 1.82) is 0 Å². The molecule has 27 heavy (non-hydrogen) atoms. The zero-order valence-electron chi connectivity index (χ0n) is 15.6. The van der Waals surface area contributed by atoms with Crippen LogP contribution in [0.5, 0.6) is 5.75 Å². The van der Waals surface area contributed by atoms with Crippen molar-refractivity contribution in [3.63, 3.8) is 0 Å². The predicted molar refractivity (Wildman–Crippen MR) is 103 cm³/mol. The first-order valence-electron chi connectivity index (χ1n) is 8.77. The number of amides is 1. The van der Waals surface area contributed by atoms with Crippen LogP contribution in [0, 0.1) is 11.7 Å². The minimum atomic E-state index is -0.383. The Kier molecular flexibility index (Phi) is 5.54. The highest BCUT2D eigenvalue weighted by molar-refractivity contribution is 5.94. The number of rotatable bonds is 6. The van der Waals surface area contributed by atoms with Crippen LogP contribution >= 0.6 is 0 Å². The van der Waals surface area contributed by atoms with Gasteiger partial charge in [0.15, 0.2) is 0 Å². The molecule has 5 nitrogen and oxygen atoms in total. The number of ether oxygens (including phenoxy) is 1. The highest BCUT2D eigenvalue weighted by Crippen LogP contribution is 2.25. The second kappa shape index (κ2) is 8.03. The molecule has 0 saturated carbocycles. The molecule has 0 radical (unpaired) electrons. The van der Waals surface area contributed by atoms with Crippen molar-refractivity contribution in [2.24, 2.45) is 5.92 Å². The highest BCUT2D eigenvalue weighted by Gasteiger charge is 2.19. The molecule has 2 aromatic carbocycles. The van der Waals surface area contributed by atoms with Gasteiger partial charge in [0, 0.05) is 12.1 Å². The topological polar surface area (TPSA) is 56.2 Å². The fourth-order valence-corrected chi connectivity index (χ4v) is 2.65. The molecular weight excluding hydrogens is 345 g/mol. The summed E-state index contributed by atoms with van der Waals surface area (Å²) in [6.07, 6.45) is 0. The predicted octanol–water partition coefficient (Wildman–Crippen LogP) is 4.07. The van der Waals surface area contributed by atoms with Crippen LogP contribution in [-0.2, 0) is 0 Å². The highest BCUT2D eigenvalue weighted by atomic mass is 19.1. The zero-order valence-corrected chi connectivity index (χ0v) is 15.6. The van der Waals surface area contributed by atoms with E-state index in [4.69, 9.17) is 4.74 Å². The molecule has 3 aromatic rings. The summed E-state index contributed by atoms with van der Waals surface area (Å²) in [7, 11) is 1.59. The van der Waals surface area contributed by atoms with E-state index in [1.54, 1.807) is 55.6 Å². The summed E-state index contributed by atoms with van der Waals surface area (Å²) in [6.45, 7) is 4.58. The van der Waals surface area contributed by atoms with Gasteiger partial charge in [0.2, 0.25) is 0 Å². The first-order chi connectivity index (χ1) is 13.0. The summed E-state index contributed by atoms with van der Waals surface area (Å²) in [6, 6.07) is 15.2. The number of halogens is 1. The van der Waals surface area contributed by atoms with Crippen molar-refractivity contribution in [2.45, 2.75) is 13.8 Å². The molecule has 0 aliphatic heterocycles. The maximum Gasteiger partial charge on any atom is 0.270 e. The number of nitrogens with zero attached hydrogens (tertiary/aromatic N) is 2. The molecule has 1 N–H and O–H groups in total. The molecule has 0 aliphatic rings. The minimum Gasteiger partial charge on any atom is -0.497 e. The standard InChI is InChI=1S/C21H22FN3O2/c1-14(2)13-23-21(26)20-12-19(17-6-4-5-7-18(17)22)24-25(20)15-8-10-16(27-3)11-9-15/h4-12,14H,13H2,1-3H3,(H,23,26). The van der Waals surface area contributed by atoms with E-state index in [-0.39, 0.29) is 11.7 Å². The van der Waals surface area contributed by atoms with Crippen LogP contribution in [0.15, 0.2) is 54.6 Å². The summed E-state index contributed by atoms with van der Waals surface area (Å²) in [5.74, 6) is 0.379. The van der Waals surface area contributed by atoms with Crippen LogP contribution in [-0.4, -0.2) is 29.3 Å². The summed E-state index contributed by atoms with van der Waals surface area (Å²) < 4.78 is 20.9. The largest absolute Gasteiger partial charge is 0.497 e. The molecule has 1 amide bonds. The molecule has 0 atom stereocenters. The molecule has 1 heterocycles. The molecule has 6 heteroatoms. The molecular formula is C21H22FN3O2. The lowest BCUT2D eigenvalue weighted by molar-refractivity contribution is 0.0941. The molecule has 1 aromatic heterocycles. The van der Waals surface area contributed by atoms with Gasteiger partial charge in [-0.1, -0.05) is 26.0 Å². The summed E-state index contributed by atoms with van der Waals surface area (Å²) in [5.41, 5.74) is 1.79. The number of methoxy groups -OCH3 is 1. The van der Waals surface area contributed by atoms with Crippen molar-refractivity contribution in [1.82, 2.24) is 15.1 Å². The maximum atomic E-state index is 14.2. The Balaban J connectivity index is 2.05. The van der Waals surface area contributed by atoms with Gasteiger partial charge in [0.05, 0.1) is 18.5 Å². The number of aromatic nitrogens is 2. The fraction of sp³-hybridized carbons (Fsp3) is 0.238. The van der Waals surface area contributed by atoms with Crippen LogP contribution in [0.25, 0.3) is 16.9 Å². The smallest absolute Gasteiger partial charge is 0.270 e. The van der Waals surface area contributed by atoms with Crippen molar-refractivity contribution in [3.05, 3.63) is 66.1 Å². The summed E-state index contributed by atoms with van der Waals surface area (Å²) in [4.78, 5) is 12.7. The van der Waals surface area contributed by atoms with Gasteiger partial charge in [-0.3, -0.25) is 4.79 Å². The van der Waals surface area contributed by atoms with Gasteiger partial charge in [-0.15, -0.1) is 0 Å². The van der Waals surface area contributed by atoms with E-state index < -0.39 is 0 Å². The quantitative estimate of drug-likeness (QED) is 0.714. The average molecular weight is 367 g/mol. The van der Waals surface area contributed by atoms with E-state index >= 15 is 0 Å². The number of hydrogen-bond donors (Lipinski definition) is 1. The number of benzene rings is 2. The van der Waals surface area contributed by atoms with Crippen LogP contribution in [0.2, 0.25) is 0 Å². The average Bonchev–Trinajstić information content (AvgIpc) is 3.11. The van der Waals surface area contributed by atoms with Crippen LogP contribution in [0.3, 0.4) is 0 Å². The zero-order chi connectivity index (χ0) is 19.4. The second-order valence-electron chi connectivity index (χ2n) is 6.61. The second-order valence-corrected chi connectivity index (χ2v) is 6.61. The van der Waals surface area contributed by atoms with Gasteiger partial charge in [0.25, 0.3) is 5.91 Å². The third-order valence-corrected chi connectivity index (χ3v) is 4.08. The lowest BCUT2D eigenvalue weighted by Crippen LogP contribution is -2.29. The minimum absolute atomic E-state index is 0.255. The molecule has 0 aliphatic carbocycles. The van der Waals surface area contributed by atoms with Crippen molar-refractivity contribution in [3.8, 4) is 22.7 Å². The van der Waals surface area contributed by atoms with E-state index in [9.17, 15) is 9.18 Å². The van der Waals surface area contributed by atoms with E-state index in [1.165, 1.54) is 10.7 Å².